The summed E-state index contributed by atoms with van der Waals surface area (Å²) in [6.07, 6.45) is 1.03. The van der Waals surface area contributed by atoms with Crippen LogP contribution in [0.3, 0.4) is 0 Å². The van der Waals surface area contributed by atoms with Gasteiger partial charge in [0.25, 0.3) is 0 Å². The molecule has 5 nitrogen and oxygen atoms in total. The lowest BCUT2D eigenvalue weighted by atomic mass is 10.3. The number of benzene rings is 1. The summed E-state index contributed by atoms with van der Waals surface area (Å²) in [4.78, 5) is 13.5. The van der Waals surface area contributed by atoms with Crippen LogP contribution in [0.15, 0.2) is 46.7 Å². The lowest BCUT2D eigenvalue weighted by Crippen LogP contribution is -2.38. The van der Waals surface area contributed by atoms with Crippen molar-refractivity contribution in [1.29, 1.82) is 0 Å². The van der Waals surface area contributed by atoms with Crippen LogP contribution in [-0.2, 0) is 14.6 Å². The van der Waals surface area contributed by atoms with E-state index in [0.717, 1.165) is 11.5 Å². The van der Waals surface area contributed by atoms with Gasteiger partial charge in [0.15, 0.2) is 9.84 Å². The highest BCUT2D eigenvalue weighted by atomic mass is 32.2. The van der Waals surface area contributed by atoms with Crippen molar-refractivity contribution in [2.24, 2.45) is 0 Å². The largest absolute Gasteiger partial charge is 0.395 e. The summed E-state index contributed by atoms with van der Waals surface area (Å²) in [7, 11) is -3.62. The van der Waals surface area contributed by atoms with Crippen LogP contribution in [0.25, 0.3) is 0 Å². The molecule has 0 aliphatic rings. The topological polar surface area (TPSA) is 74.7 Å². The fraction of sp³-hybridized carbons (Fsp3) is 0.357. The monoisotopic (exact) mass is 297 g/mol. The van der Waals surface area contributed by atoms with E-state index in [4.69, 9.17) is 5.11 Å². The van der Waals surface area contributed by atoms with Crippen molar-refractivity contribution < 1.29 is 18.3 Å². The molecular formula is C14H19NO4S. The van der Waals surface area contributed by atoms with Gasteiger partial charge in [0.2, 0.25) is 5.91 Å². The third-order valence-electron chi connectivity index (χ3n) is 2.71. The van der Waals surface area contributed by atoms with Gasteiger partial charge in [-0.15, -0.1) is 0 Å². The van der Waals surface area contributed by atoms with Gasteiger partial charge in [-0.3, -0.25) is 4.79 Å². The highest BCUT2D eigenvalue weighted by Crippen LogP contribution is 2.11. The number of amides is 1. The van der Waals surface area contributed by atoms with E-state index in [1.807, 2.05) is 0 Å². The summed E-state index contributed by atoms with van der Waals surface area (Å²) in [5, 5.41) is 9.80. The van der Waals surface area contributed by atoms with Gasteiger partial charge in [-0.2, -0.15) is 0 Å². The maximum atomic E-state index is 12.0. The Bertz CT molecular complexity index is 564. The van der Waals surface area contributed by atoms with Gasteiger partial charge in [0.1, 0.15) is 0 Å². The quantitative estimate of drug-likeness (QED) is 0.801. The number of aliphatic hydroxyl groups excluding tert-OH is 1. The number of rotatable bonds is 6. The van der Waals surface area contributed by atoms with Gasteiger partial charge in [0.05, 0.1) is 11.5 Å². The molecule has 0 spiro atoms. The van der Waals surface area contributed by atoms with E-state index in [-0.39, 0.29) is 24.1 Å². The Labute approximate surface area is 119 Å². The Balaban J connectivity index is 2.89. The predicted octanol–water partition coefficient (Wildman–Crippen LogP) is 1.20. The number of aliphatic hydroxyl groups is 1. The van der Waals surface area contributed by atoms with Gasteiger partial charge >= 0.3 is 0 Å². The smallest absolute Gasteiger partial charge is 0.247 e. The third kappa shape index (κ3) is 4.47. The SMILES string of the molecule is CC(C)N(CCO)C(=O)/C=C/S(=O)(=O)c1ccccc1. The first-order chi connectivity index (χ1) is 9.38. The maximum Gasteiger partial charge on any atom is 0.247 e. The second-order valence-electron chi connectivity index (χ2n) is 4.51. The molecule has 0 bridgehead atoms. The predicted molar refractivity (Wildman–Crippen MR) is 76.7 cm³/mol. The number of hydrogen-bond acceptors (Lipinski definition) is 4. The molecule has 0 aliphatic carbocycles. The minimum absolute atomic E-state index is 0.112. The first-order valence-electron chi connectivity index (χ1n) is 6.28. The third-order valence-corrected chi connectivity index (χ3v) is 4.13. The molecule has 0 aromatic heterocycles. The van der Waals surface area contributed by atoms with Crippen molar-refractivity contribution in [2.45, 2.75) is 24.8 Å². The van der Waals surface area contributed by atoms with E-state index in [2.05, 4.69) is 0 Å². The number of carbonyl (C=O) groups is 1. The summed E-state index contributed by atoms with van der Waals surface area (Å²) in [6.45, 7) is 3.61. The molecule has 1 rings (SSSR count). The van der Waals surface area contributed by atoms with E-state index >= 15 is 0 Å². The van der Waals surface area contributed by atoms with E-state index < -0.39 is 15.7 Å². The zero-order valence-corrected chi connectivity index (χ0v) is 12.4. The van der Waals surface area contributed by atoms with Gasteiger partial charge < -0.3 is 10.0 Å². The zero-order valence-electron chi connectivity index (χ0n) is 11.6. The van der Waals surface area contributed by atoms with E-state index in [0.29, 0.717) is 0 Å². The maximum absolute atomic E-state index is 12.0. The molecule has 110 valence electrons. The fourth-order valence-electron chi connectivity index (χ4n) is 1.66. The summed E-state index contributed by atoms with van der Waals surface area (Å²) in [6, 6.07) is 7.79. The second kappa shape index (κ2) is 7.21. The molecule has 1 N–H and O–H groups in total. The first-order valence-corrected chi connectivity index (χ1v) is 7.83. The van der Waals surface area contributed by atoms with E-state index in [1.54, 1.807) is 32.0 Å². The fourth-order valence-corrected chi connectivity index (χ4v) is 2.65. The average molecular weight is 297 g/mol. The molecule has 1 aromatic carbocycles. The van der Waals surface area contributed by atoms with Crippen molar-refractivity contribution in [3.05, 3.63) is 41.8 Å². The molecule has 1 amide bonds. The number of sulfone groups is 1. The van der Waals surface area contributed by atoms with E-state index in [1.165, 1.54) is 17.0 Å². The Morgan fingerprint density at radius 2 is 1.90 bits per heavy atom. The Kier molecular flexibility index (Phi) is 5.91. The minimum Gasteiger partial charge on any atom is -0.395 e. The average Bonchev–Trinajstić information content (AvgIpc) is 2.43. The standard InChI is InChI=1S/C14H19NO4S/c1-12(2)15(9-10-16)14(17)8-11-20(18,19)13-6-4-3-5-7-13/h3-8,11-12,16H,9-10H2,1-2H3/b11-8+. The lowest BCUT2D eigenvalue weighted by Gasteiger charge is -2.24. The van der Waals surface area contributed by atoms with Crippen molar-refractivity contribution in [1.82, 2.24) is 4.90 Å². The number of carbonyl (C=O) groups excluding carboxylic acids is 1. The molecule has 20 heavy (non-hydrogen) atoms. The zero-order chi connectivity index (χ0) is 15.2. The van der Waals surface area contributed by atoms with Crippen molar-refractivity contribution >= 4 is 15.7 Å². The van der Waals surface area contributed by atoms with Crippen molar-refractivity contribution in [2.75, 3.05) is 13.2 Å². The summed E-state index contributed by atoms with van der Waals surface area (Å²) in [5.74, 6) is -0.437. The summed E-state index contributed by atoms with van der Waals surface area (Å²) < 4.78 is 24.0. The second-order valence-corrected chi connectivity index (χ2v) is 6.34. The Hall–Kier alpha value is -1.66. The highest BCUT2D eigenvalue weighted by molar-refractivity contribution is 7.94. The van der Waals surface area contributed by atoms with Crippen LogP contribution in [-0.4, -0.2) is 43.5 Å². The highest BCUT2D eigenvalue weighted by Gasteiger charge is 2.15. The normalized spacial score (nSPS) is 12.0. The van der Waals surface area contributed by atoms with Gasteiger partial charge in [-0.05, 0) is 26.0 Å². The molecule has 0 aliphatic heterocycles. The first kappa shape index (κ1) is 16.4. The van der Waals surface area contributed by atoms with Crippen LogP contribution in [0.1, 0.15) is 13.8 Å². The molecule has 0 heterocycles. The Morgan fingerprint density at radius 3 is 2.40 bits per heavy atom. The Morgan fingerprint density at radius 1 is 1.30 bits per heavy atom. The minimum atomic E-state index is -3.62. The number of hydrogen-bond donors (Lipinski definition) is 1. The lowest BCUT2D eigenvalue weighted by molar-refractivity contribution is -0.128. The molecule has 6 heteroatoms. The van der Waals surface area contributed by atoms with Gasteiger partial charge in [0, 0.05) is 24.1 Å². The molecule has 0 unspecified atom stereocenters. The molecule has 0 fully saturated rings. The molecule has 0 atom stereocenters. The van der Waals surface area contributed by atoms with Crippen LogP contribution in [0.4, 0.5) is 0 Å². The summed E-state index contributed by atoms with van der Waals surface area (Å²) in [5.41, 5.74) is 0. The van der Waals surface area contributed by atoms with Crippen molar-refractivity contribution in [3.63, 3.8) is 0 Å². The van der Waals surface area contributed by atoms with Crippen LogP contribution < -0.4 is 0 Å². The molecule has 0 radical (unpaired) electrons. The number of nitrogens with zero attached hydrogens (tertiary/aromatic N) is 1. The van der Waals surface area contributed by atoms with Crippen LogP contribution >= 0.6 is 0 Å². The summed E-state index contributed by atoms with van der Waals surface area (Å²) >= 11 is 0. The molecule has 1 aromatic rings. The van der Waals surface area contributed by atoms with Crippen LogP contribution in [0.2, 0.25) is 0 Å². The molecule has 0 saturated carbocycles. The van der Waals surface area contributed by atoms with Crippen LogP contribution in [0, 0.1) is 0 Å². The van der Waals surface area contributed by atoms with Gasteiger partial charge in [-0.1, -0.05) is 18.2 Å². The van der Waals surface area contributed by atoms with Crippen LogP contribution in [0.5, 0.6) is 0 Å². The molecular weight excluding hydrogens is 278 g/mol. The molecule has 0 saturated heterocycles. The van der Waals surface area contributed by atoms with Gasteiger partial charge in [-0.25, -0.2) is 8.42 Å². The van der Waals surface area contributed by atoms with E-state index in [9.17, 15) is 13.2 Å². The van der Waals surface area contributed by atoms with Crippen molar-refractivity contribution in [3.8, 4) is 0 Å².